The number of benzene rings is 1. The zero-order valence-corrected chi connectivity index (χ0v) is 21.5. The quantitative estimate of drug-likeness (QED) is 0.506. The van der Waals surface area contributed by atoms with Gasteiger partial charge in [0, 0.05) is 35.1 Å². The first-order chi connectivity index (χ1) is 16.0. The number of anilines is 2. The molecule has 8 nitrogen and oxygen atoms in total. The van der Waals surface area contributed by atoms with Gasteiger partial charge >= 0.3 is 0 Å². The maximum atomic E-state index is 11.7. The lowest BCUT2D eigenvalue weighted by atomic mass is 9.99. The van der Waals surface area contributed by atoms with Crippen molar-refractivity contribution < 1.29 is 13.2 Å². The number of nitrogens with one attached hydrogen (secondary N) is 1. The number of nitrogens with zero attached hydrogens (tertiary/aromatic N) is 4. The summed E-state index contributed by atoms with van der Waals surface area (Å²) in [4.78, 5) is 15.4. The Morgan fingerprint density at radius 2 is 1.88 bits per heavy atom. The van der Waals surface area contributed by atoms with Gasteiger partial charge in [0.05, 0.1) is 18.5 Å². The van der Waals surface area contributed by atoms with Crippen molar-refractivity contribution in [3.05, 3.63) is 58.3 Å². The van der Waals surface area contributed by atoms with Crippen LogP contribution >= 0.6 is 11.6 Å². The van der Waals surface area contributed by atoms with E-state index in [9.17, 15) is 8.42 Å². The molecule has 0 bridgehead atoms. The molecular formula is C24H28ClN5O3S. The Bertz CT molecular complexity index is 1340. The van der Waals surface area contributed by atoms with Gasteiger partial charge in [0.25, 0.3) is 0 Å². The molecule has 0 saturated carbocycles. The Morgan fingerprint density at radius 1 is 1.12 bits per heavy atom. The smallest absolute Gasteiger partial charge is 0.229 e. The number of pyridine rings is 1. The summed E-state index contributed by atoms with van der Waals surface area (Å²) in [5.74, 6) is 2.07. The van der Waals surface area contributed by atoms with Gasteiger partial charge in [0.15, 0.2) is 5.15 Å². The number of aromatic nitrogens is 3. The number of hydrogen-bond donors (Lipinski definition) is 1. The zero-order valence-electron chi connectivity index (χ0n) is 19.9. The van der Waals surface area contributed by atoms with Crippen LogP contribution in [0.3, 0.4) is 0 Å². The molecule has 0 fully saturated rings. The molecule has 0 atom stereocenters. The van der Waals surface area contributed by atoms with Crippen LogP contribution in [0.5, 0.6) is 5.75 Å². The fraction of sp³-hybridized carbons (Fsp3) is 0.375. The maximum absolute atomic E-state index is 11.7. The Kier molecular flexibility index (Phi) is 6.69. The average Bonchev–Trinajstić information content (AvgIpc) is 2.97. The summed E-state index contributed by atoms with van der Waals surface area (Å²) >= 11 is 6.12. The van der Waals surface area contributed by atoms with Gasteiger partial charge < -0.3 is 9.64 Å². The highest BCUT2D eigenvalue weighted by Gasteiger charge is 2.23. The molecular weight excluding hydrogens is 474 g/mol. The molecule has 0 unspecified atom stereocenters. The van der Waals surface area contributed by atoms with Crippen LogP contribution in [0.4, 0.5) is 11.5 Å². The molecule has 0 radical (unpaired) electrons. The van der Waals surface area contributed by atoms with E-state index in [1.807, 2.05) is 19.9 Å². The third kappa shape index (κ3) is 5.10. The highest BCUT2D eigenvalue weighted by Crippen LogP contribution is 2.36. The average molecular weight is 502 g/mol. The number of fused-ring (bicyclic) bond motifs is 1. The SMILES string of the molecule is Cc1cc(-c2cnc(Cl)c(NS(C)(=O)=O)c2)cc2c1OCCN(c1ncnc(C)c1C(C)C)C2. The standard InChI is InChI=1S/C24H28ClN5O3S/c1-14(2)21-16(4)27-13-28-24(21)30-6-7-33-22-15(3)8-17(9-19(22)12-30)18-10-20(23(25)26-11-18)29-34(5,31)32/h8-11,13-14,29H,6-7,12H2,1-5H3. The molecule has 1 aromatic carbocycles. The molecule has 1 aliphatic rings. The van der Waals surface area contributed by atoms with E-state index in [0.717, 1.165) is 51.3 Å². The van der Waals surface area contributed by atoms with Crippen molar-refractivity contribution >= 4 is 33.1 Å². The van der Waals surface area contributed by atoms with Gasteiger partial charge in [-0.25, -0.2) is 23.4 Å². The van der Waals surface area contributed by atoms with E-state index in [1.54, 1.807) is 18.6 Å². The second-order valence-corrected chi connectivity index (χ2v) is 10.9. The number of aryl methyl sites for hydroxylation is 2. The number of sulfonamides is 1. The van der Waals surface area contributed by atoms with E-state index in [4.69, 9.17) is 16.3 Å². The van der Waals surface area contributed by atoms with Crippen molar-refractivity contribution in [3.63, 3.8) is 0 Å². The maximum Gasteiger partial charge on any atom is 0.229 e. The van der Waals surface area contributed by atoms with Crippen LogP contribution in [0.25, 0.3) is 11.1 Å². The normalized spacial score (nSPS) is 13.9. The summed E-state index contributed by atoms with van der Waals surface area (Å²) in [5.41, 5.74) is 6.01. The van der Waals surface area contributed by atoms with E-state index >= 15 is 0 Å². The topological polar surface area (TPSA) is 97.3 Å². The molecule has 0 aliphatic carbocycles. The lowest BCUT2D eigenvalue weighted by molar-refractivity contribution is 0.329. The van der Waals surface area contributed by atoms with Crippen molar-refractivity contribution in [2.24, 2.45) is 0 Å². The largest absolute Gasteiger partial charge is 0.491 e. The summed E-state index contributed by atoms with van der Waals surface area (Å²) in [6.45, 7) is 10.2. The van der Waals surface area contributed by atoms with Gasteiger partial charge in [0.1, 0.15) is 24.5 Å². The van der Waals surface area contributed by atoms with E-state index < -0.39 is 10.0 Å². The Balaban J connectivity index is 1.76. The van der Waals surface area contributed by atoms with Crippen LogP contribution in [0.2, 0.25) is 5.15 Å². The molecule has 4 rings (SSSR count). The van der Waals surface area contributed by atoms with Crippen molar-refractivity contribution in [2.45, 2.75) is 40.2 Å². The Labute approximate surface area is 205 Å². The minimum atomic E-state index is -3.49. The van der Waals surface area contributed by atoms with E-state index in [-0.39, 0.29) is 16.8 Å². The first-order valence-corrected chi connectivity index (χ1v) is 13.3. The molecule has 180 valence electrons. The molecule has 34 heavy (non-hydrogen) atoms. The van der Waals surface area contributed by atoms with E-state index in [2.05, 4.69) is 44.5 Å². The zero-order chi connectivity index (χ0) is 24.6. The van der Waals surface area contributed by atoms with Crippen molar-refractivity contribution in [1.82, 2.24) is 15.0 Å². The van der Waals surface area contributed by atoms with Crippen LogP contribution in [0, 0.1) is 13.8 Å². The van der Waals surface area contributed by atoms with Crippen LogP contribution in [-0.4, -0.2) is 42.8 Å². The second-order valence-electron chi connectivity index (χ2n) is 8.84. The van der Waals surface area contributed by atoms with Gasteiger partial charge in [0.2, 0.25) is 10.0 Å². The fourth-order valence-corrected chi connectivity index (χ4v) is 5.10. The minimum Gasteiger partial charge on any atom is -0.491 e. The van der Waals surface area contributed by atoms with Gasteiger partial charge in [-0.3, -0.25) is 4.72 Å². The second kappa shape index (κ2) is 9.38. The number of halogens is 1. The summed E-state index contributed by atoms with van der Waals surface area (Å²) in [5, 5.41) is 0.0931. The molecule has 0 saturated heterocycles. The summed E-state index contributed by atoms with van der Waals surface area (Å²) in [6.07, 6.45) is 4.33. The van der Waals surface area contributed by atoms with Gasteiger partial charge in [-0.15, -0.1) is 0 Å². The highest BCUT2D eigenvalue weighted by molar-refractivity contribution is 7.92. The van der Waals surface area contributed by atoms with Crippen molar-refractivity contribution in [1.29, 1.82) is 0 Å². The van der Waals surface area contributed by atoms with Gasteiger partial charge in [-0.1, -0.05) is 25.4 Å². The Morgan fingerprint density at radius 3 is 2.59 bits per heavy atom. The molecule has 1 N–H and O–H groups in total. The van der Waals surface area contributed by atoms with Crippen LogP contribution < -0.4 is 14.4 Å². The first-order valence-electron chi connectivity index (χ1n) is 11.0. The van der Waals surface area contributed by atoms with Crippen LogP contribution in [-0.2, 0) is 16.6 Å². The number of rotatable bonds is 5. The number of ether oxygens (including phenoxy) is 1. The molecule has 0 spiro atoms. The van der Waals surface area contributed by atoms with E-state index in [0.29, 0.717) is 19.7 Å². The minimum absolute atomic E-state index is 0.0931. The summed E-state index contributed by atoms with van der Waals surface area (Å²) in [6, 6.07) is 5.76. The fourth-order valence-electron chi connectivity index (χ4n) is 4.34. The van der Waals surface area contributed by atoms with Crippen LogP contribution in [0.1, 0.15) is 42.1 Å². The molecule has 3 heterocycles. The lowest BCUT2D eigenvalue weighted by Crippen LogP contribution is -2.28. The monoisotopic (exact) mass is 501 g/mol. The molecule has 1 aliphatic heterocycles. The van der Waals surface area contributed by atoms with Crippen molar-refractivity contribution in [3.8, 4) is 16.9 Å². The number of hydrogen-bond acceptors (Lipinski definition) is 7. The highest BCUT2D eigenvalue weighted by atomic mass is 35.5. The van der Waals surface area contributed by atoms with Crippen LogP contribution in [0.15, 0.2) is 30.7 Å². The summed E-state index contributed by atoms with van der Waals surface area (Å²) in [7, 11) is -3.49. The predicted octanol–water partition coefficient (Wildman–Crippen LogP) is 4.70. The molecule has 0 amide bonds. The molecule has 3 aromatic rings. The first kappa shape index (κ1) is 24.2. The molecule has 2 aromatic heterocycles. The van der Waals surface area contributed by atoms with E-state index in [1.165, 1.54) is 0 Å². The third-order valence-corrected chi connectivity index (χ3v) is 6.62. The third-order valence-electron chi connectivity index (χ3n) is 5.73. The predicted molar refractivity (Wildman–Crippen MR) is 135 cm³/mol. The molecule has 10 heteroatoms. The van der Waals surface area contributed by atoms with Crippen molar-refractivity contribution in [2.75, 3.05) is 29.0 Å². The Hall–Kier alpha value is -2.91. The van der Waals surface area contributed by atoms with Gasteiger partial charge in [-0.2, -0.15) is 0 Å². The van der Waals surface area contributed by atoms with Gasteiger partial charge in [-0.05, 0) is 49.1 Å². The summed E-state index contributed by atoms with van der Waals surface area (Å²) < 4.78 is 32.0. The lowest BCUT2D eigenvalue weighted by Gasteiger charge is -2.25.